The maximum absolute atomic E-state index is 4.94. The maximum Gasteiger partial charge on any atom is 0.208 e. The van der Waals surface area contributed by atoms with E-state index in [1.807, 2.05) is 0 Å². The van der Waals surface area contributed by atoms with Crippen molar-refractivity contribution in [3.8, 4) is 0 Å². The Bertz CT molecular complexity index is 523. The third-order valence-corrected chi connectivity index (χ3v) is 4.47. The van der Waals surface area contributed by atoms with Crippen molar-refractivity contribution in [1.29, 1.82) is 0 Å². The minimum Gasteiger partial charge on any atom is -0.247 e. The molecule has 0 spiro atoms. The van der Waals surface area contributed by atoms with Gasteiger partial charge in [-0.1, -0.05) is 47.1 Å². The summed E-state index contributed by atoms with van der Waals surface area (Å²) in [6.07, 6.45) is 3.51. The summed E-state index contributed by atoms with van der Waals surface area (Å²) in [5.41, 5.74) is 4.13. The van der Waals surface area contributed by atoms with E-state index >= 15 is 0 Å². The predicted molar refractivity (Wildman–Crippen MR) is 90.0 cm³/mol. The van der Waals surface area contributed by atoms with Crippen LogP contribution in [0.5, 0.6) is 0 Å². The lowest BCUT2D eigenvalue weighted by Crippen LogP contribution is -2.49. The van der Waals surface area contributed by atoms with E-state index in [9.17, 15) is 0 Å². The van der Waals surface area contributed by atoms with Crippen LogP contribution in [-0.2, 0) is 5.41 Å². The summed E-state index contributed by atoms with van der Waals surface area (Å²) in [6.45, 7) is 12.4. The molecule has 110 valence electrons. The second-order valence-corrected chi connectivity index (χ2v) is 7.10. The van der Waals surface area contributed by atoms with E-state index in [0.717, 1.165) is 17.4 Å². The number of fused-ring (bicyclic) bond motifs is 1. The molecular formula is C18H29N2+. The Morgan fingerprint density at radius 3 is 2.40 bits per heavy atom. The van der Waals surface area contributed by atoms with Crippen LogP contribution in [0.2, 0.25) is 0 Å². The molecule has 1 aliphatic heterocycles. The van der Waals surface area contributed by atoms with Gasteiger partial charge in [0.15, 0.2) is 5.69 Å². The third kappa shape index (κ3) is 2.54. The van der Waals surface area contributed by atoms with Gasteiger partial charge in [-0.3, -0.25) is 0 Å². The van der Waals surface area contributed by atoms with Crippen molar-refractivity contribution in [3.05, 3.63) is 23.8 Å². The number of rotatable bonds is 4. The molecule has 0 aromatic heterocycles. The van der Waals surface area contributed by atoms with Crippen molar-refractivity contribution in [3.63, 3.8) is 0 Å². The van der Waals surface area contributed by atoms with Crippen molar-refractivity contribution in [2.45, 2.75) is 59.3 Å². The molecule has 2 heteroatoms. The monoisotopic (exact) mass is 273 g/mol. The molecule has 1 heterocycles. The number of aliphatic imine (C=N–C) groups is 1. The highest BCUT2D eigenvalue weighted by atomic mass is 15.4. The van der Waals surface area contributed by atoms with Crippen molar-refractivity contribution in [2.75, 3.05) is 13.6 Å². The van der Waals surface area contributed by atoms with Gasteiger partial charge in [-0.15, -0.1) is 0 Å². The molecule has 2 nitrogen and oxygen atoms in total. The number of amidine groups is 1. The van der Waals surface area contributed by atoms with Crippen LogP contribution in [0.1, 0.15) is 59.4 Å². The first-order chi connectivity index (χ1) is 9.32. The number of hydrogen-bond donors (Lipinski definition) is 0. The highest BCUT2D eigenvalue weighted by molar-refractivity contribution is 6.02. The van der Waals surface area contributed by atoms with E-state index in [-0.39, 0.29) is 5.41 Å². The average molecular weight is 273 g/mol. The van der Waals surface area contributed by atoms with E-state index in [1.54, 1.807) is 0 Å². The fourth-order valence-electron chi connectivity index (χ4n) is 3.04. The Hall–Kier alpha value is -1.15. The summed E-state index contributed by atoms with van der Waals surface area (Å²) in [7, 11) is 2.32. The molecule has 0 aliphatic carbocycles. The number of unbranched alkanes of at least 4 members (excludes halogenated alkanes) is 1. The van der Waals surface area contributed by atoms with Crippen LogP contribution in [0, 0.1) is 0 Å². The van der Waals surface area contributed by atoms with E-state index in [2.05, 4.69) is 59.9 Å². The zero-order valence-corrected chi connectivity index (χ0v) is 14.0. The van der Waals surface area contributed by atoms with Gasteiger partial charge in [-0.25, -0.2) is 4.48 Å². The number of hydrogen-bond acceptors (Lipinski definition) is 1. The lowest BCUT2D eigenvalue weighted by atomic mass is 9.86. The minimum absolute atomic E-state index is 0.187. The standard InChI is InChI=1S/C18H29N2/c1-7-9-12-20(6)16-11-10-14(18(3,4)5)13-15(16)19-17(20)8-2/h10-11,13H,7-9,12H2,1-6H3/q+1. The van der Waals surface area contributed by atoms with Crippen molar-refractivity contribution >= 4 is 17.2 Å². The van der Waals surface area contributed by atoms with Gasteiger partial charge in [0.1, 0.15) is 5.69 Å². The SMILES string of the molecule is CCCC[N+]1(C)C(CC)=Nc2cc(C(C)(C)C)ccc21. The quantitative estimate of drug-likeness (QED) is 0.671. The lowest BCUT2D eigenvalue weighted by Gasteiger charge is -2.30. The Morgan fingerprint density at radius 1 is 1.15 bits per heavy atom. The van der Waals surface area contributed by atoms with Gasteiger partial charge < -0.3 is 0 Å². The molecule has 0 radical (unpaired) electrons. The number of quaternary nitrogens is 1. The summed E-state index contributed by atoms with van der Waals surface area (Å²) in [5, 5.41) is 0. The van der Waals surface area contributed by atoms with Gasteiger partial charge in [0.2, 0.25) is 5.84 Å². The summed E-state index contributed by atoms with van der Waals surface area (Å²) < 4.78 is 0.907. The largest absolute Gasteiger partial charge is 0.247 e. The summed E-state index contributed by atoms with van der Waals surface area (Å²) in [4.78, 5) is 4.94. The van der Waals surface area contributed by atoms with E-state index in [1.165, 1.54) is 35.6 Å². The topological polar surface area (TPSA) is 12.4 Å². The predicted octanol–water partition coefficient (Wildman–Crippen LogP) is 5.17. The fourth-order valence-corrected chi connectivity index (χ4v) is 3.04. The normalized spacial score (nSPS) is 21.8. The van der Waals surface area contributed by atoms with Crippen LogP contribution in [0.15, 0.2) is 23.2 Å². The summed E-state index contributed by atoms with van der Waals surface area (Å²) >= 11 is 0. The molecule has 0 amide bonds. The zero-order chi connectivity index (χ0) is 15.0. The molecule has 0 saturated heterocycles. The van der Waals surface area contributed by atoms with Gasteiger partial charge in [0, 0.05) is 12.5 Å². The minimum atomic E-state index is 0.187. The Labute approximate surface area is 124 Å². The van der Waals surface area contributed by atoms with Crippen molar-refractivity contribution < 1.29 is 0 Å². The first-order valence-corrected chi connectivity index (χ1v) is 7.91. The summed E-state index contributed by atoms with van der Waals surface area (Å²) in [6, 6.07) is 6.88. The molecule has 0 fully saturated rings. The van der Waals surface area contributed by atoms with E-state index in [0.29, 0.717) is 0 Å². The molecule has 1 atom stereocenters. The zero-order valence-electron chi connectivity index (χ0n) is 14.0. The van der Waals surface area contributed by atoms with Gasteiger partial charge in [0.05, 0.1) is 13.6 Å². The second kappa shape index (κ2) is 5.33. The van der Waals surface area contributed by atoms with Gasteiger partial charge in [-0.2, -0.15) is 4.99 Å². The first-order valence-electron chi connectivity index (χ1n) is 7.91. The third-order valence-electron chi connectivity index (χ3n) is 4.47. The van der Waals surface area contributed by atoms with E-state index in [4.69, 9.17) is 4.99 Å². The summed E-state index contributed by atoms with van der Waals surface area (Å²) in [5.74, 6) is 1.31. The molecule has 1 aromatic carbocycles. The van der Waals surface area contributed by atoms with E-state index < -0.39 is 0 Å². The first kappa shape index (κ1) is 15.2. The Morgan fingerprint density at radius 2 is 1.85 bits per heavy atom. The lowest BCUT2D eigenvalue weighted by molar-refractivity contribution is 0.472. The Balaban J connectivity index is 2.46. The molecule has 20 heavy (non-hydrogen) atoms. The van der Waals surface area contributed by atoms with Gasteiger partial charge >= 0.3 is 0 Å². The average Bonchev–Trinajstić information content (AvgIpc) is 2.68. The smallest absolute Gasteiger partial charge is 0.208 e. The van der Waals surface area contributed by atoms with Crippen LogP contribution < -0.4 is 4.48 Å². The maximum atomic E-state index is 4.94. The number of nitrogens with zero attached hydrogens (tertiary/aromatic N) is 2. The van der Waals surface area contributed by atoms with Gasteiger partial charge in [0.25, 0.3) is 0 Å². The molecule has 0 saturated carbocycles. The molecule has 1 unspecified atom stereocenters. The Kier molecular flexibility index (Phi) is 4.06. The number of benzene rings is 1. The molecule has 0 N–H and O–H groups in total. The molecule has 1 aliphatic rings. The van der Waals surface area contributed by atoms with Crippen molar-refractivity contribution in [2.24, 2.45) is 4.99 Å². The molecular weight excluding hydrogens is 244 g/mol. The highest BCUT2D eigenvalue weighted by Crippen LogP contribution is 2.42. The fraction of sp³-hybridized carbons (Fsp3) is 0.611. The van der Waals surface area contributed by atoms with Crippen LogP contribution in [0.4, 0.5) is 11.4 Å². The van der Waals surface area contributed by atoms with Crippen LogP contribution in [0.25, 0.3) is 0 Å². The second-order valence-electron chi connectivity index (χ2n) is 7.10. The van der Waals surface area contributed by atoms with Gasteiger partial charge in [-0.05, 0) is 23.5 Å². The van der Waals surface area contributed by atoms with Crippen LogP contribution >= 0.6 is 0 Å². The van der Waals surface area contributed by atoms with Crippen LogP contribution in [0.3, 0.4) is 0 Å². The molecule has 0 bridgehead atoms. The molecule has 2 rings (SSSR count). The van der Waals surface area contributed by atoms with Crippen LogP contribution in [-0.4, -0.2) is 19.4 Å². The van der Waals surface area contributed by atoms with Crippen molar-refractivity contribution in [1.82, 2.24) is 4.48 Å². The highest BCUT2D eigenvalue weighted by Gasteiger charge is 2.38. The molecule has 1 aromatic rings.